The summed E-state index contributed by atoms with van der Waals surface area (Å²) in [6.07, 6.45) is 0. The van der Waals surface area contributed by atoms with Gasteiger partial charge in [-0.15, -0.1) is 11.3 Å². The molecule has 0 saturated carbocycles. The summed E-state index contributed by atoms with van der Waals surface area (Å²) >= 11 is 11.0. The second-order valence-corrected chi connectivity index (χ2v) is 7.35. The molecule has 2 rings (SSSR count). The van der Waals surface area contributed by atoms with Crippen LogP contribution in [-0.2, 0) is 13.2 Å². The molecule has 0 unspecified atom stereocenters. The Kier molecular flexibility index (Phi) is 6.48. The van der Waals surface area contributed by atoms with Crippen LogP contribution in [0.4, 0.5) is 0 Å². The summed E-state index contributed by atoms with van der Waals surface area (Å²) in [4.78, 5) is 4.56. The molecule has 0 spiro atoms. The SMILES string of the molecule is CC(C)CNCc1nc(COc2ccc(Cl)cc2Br)cs1. The van der Waals surface area contributed by atoms with Crippen molar-refractivity contribution in [2.45, 2.75) is 27.0 Å². The molecule has 0 aliphatic heterocycles. The normalized spacial score (nSPS) is 11.1. The first-order valence-electron chi connectivity index (χ1n) is 6.76. The van der Waals surface area contributed by atoms with Crippen LogP contribution in [0.2, 0.25) is 5.02 Å². The molecule has 114 valence electrons. The lowest BCUT2D eigenvalue weighted by Crippen LogP contribution is -2.18. The lowest BCUT2D eigenvalue weighted by atomic mass is 10.2. The molecule has 3 nitrogen and oxygen atoms in total. The third-order valence-electron chi connectivity index (χ3n) is 2.70. The molecule has 1 N–H and O–H groups in total. The minimum absolute atomic E-state index is 0.459. The molecule has 0 aliphatic carbocycles. The van der Waals surface area contributed by atoms with Crippen molar-refractivity contribution in [1.82, 2.24) is 10.3 Å². The fourth-order valence-corrected chi connectivity index (χ4v) is 3.25. The van der Waals surface area contributed by atoms with E-state index in [4.69, 9.17) is 16.3 Å². The van der Waals surface area contributed by atoms with Crippen molar-refractivity contribution in [3.8, 4) is 5.75 Å². The molecule has 6 heteroatoms. The molecule has 0 amide bonds. The van der Waals surface area contributed by atoms with Crippen molar-refractivity contribution in [2.75, 3.05) is 6.54 Å². The number of halogens is 2. The Labute approximate surface area is 142 Å². The summed E-state index contributed by atoms with van der Waals surface area (Å²) in [5.74, 6) is 1.42. The predicted octanol–water partition coefficient (Wildman–Crippen LogP) is 4.88. The first kappa shape index (κ1) is 16.7. The molecular formula is C15H18BrClN2OS. The fraction of sp³-hybridized carbons (Fsp3) is 0.400. The van der Waals surface area contributed by atoms with Crippen LogP contribution in [0.1, 0.15) is 24.5 Å². The number of aromatic nitrogens is 1. The Balaban J connectivity index is 1.85. The van der Waals surface area contributed by atoms with Crippen LogP contribution < -0.4 is 10.1 Å². The van der Waals surface area contributed by atoms with E-state index in [1.54, 1.807) is 11.3 Å². The maximum Gasteiger partial charge on any atom is 0.134 e. The van der Waals surface area contributed by atoms with E-state index >= 15 is 0 Å². The van der Waals surface area contributed by atoms with E-state index in [0.29, 0.717) is 17.5 Å². The van der Waals surface area contributed by atoms with Crippen LogP contribution in [-0.4, -0.2) is 11.5 Å². The van der Waals surface area contributed by atoms with Gasteiger partial charge in [-0.2, -0.15) is 0 Å². The molecule has 1 aromatic carbocycles. The molecule has 0 aliphatic rings. The lowest BCUT2D eigenvalue weighted by molar-refractivity contribution is 0.300. The van der Waals surface area contributed by atoms with Crippen LogP contribution in [0.15, 0.2) is 28.1 Å². The van der Waals surface area contributed by atoms with Crippen LogP contribution in [0.25, 0.3) is 0 Å². The van der Waals surface area contributed by atoms with Crippen LogP contribution in [0.3, 0.4) is 0 Å². The van der Waals surface area contributed by atoms with E-state index in [-0.39, 0.29) is 0 Å². The molecule has 21 heavy (non-hydrogen) atoms. The first-order valence-corrected chi connectivity index (χ1v) is 8.81. The number of ether oxygens (including phenoxy) is 1. The second kappa shape index (κ2) is 8.13. The third kappa shape index (κ3) is 5.58. The van der Waals surface area contributed by atoms with Crippen molar-refractivity contribution >= 4 is 38.9 Å². The van der Waals surface area contributed by atoms with Crippen molar-refractivity contribution in [3.63, 3.8) is 0 Å². The van der Waals surface area contributed by atoms with Crippen molar-refractivity contribution < 1.29 is 4.74 Å². The Morgan fingerprint density at radius 1 is 1.43 bits per heavy atom. The molecule has 0 bridgehead atoms. The fourth-order valence-electron chi connectivity index (χ4n) is 1.71. The number of benzene rings is 1. The van der Waals surface area contributed by atoms with Gasteiger partial charge >= 0.3 is 0 Å². The number of thiazole rings is 1. The zero-order chi connectivity index (χ0) is 15.2. The smallest absolute Gasteiger partial charge is 0.134 e. The molecule has 1 aromatic heterocycles. The van der Waals surface area contributed by atoms with E-state index < -0.39 is 0 Å². The van der Waals surface area contributed by atoms with Crippen molar-refractivity contribution in [1.29, 1.82) is 0 Å². The molecule has 0 fully saturated rings. The lowest BCUT2D eigenvalue weighted by Gasteiger charge is -2.07. The number of nitrogens with zero attached hydrogens (tertiary/aromatic N) is 1. The number of hydrogen-bond donors (Lipinski definition) is 1. The highest BCUT2D eigenvalue weighted by Gasteiger charge is 2.06. The minimum atomic E-state index is 0.459. The van der Waals surface area contributed by atoms with E-state index in [1.165, 1.54) is 0 Å². The van der Waals surface area contributed by atoms with Crippen LogP contribution >= 0.6 is 38.9 Å². The Bertz CT molecular complexity index is 589. The molecule has 0 radical (unpaired) electrons. The summed E-state index contributed by atoms with van der Waals surface area (Å²) in [6.45, 7) is 6.66. The van der Waals surface area contributed by atoms with Gasteiger partial charge < -0.3 is 10.1 Å². The average molecular weight is 390 g/mol. The van der Waals surface area contributed by atoms with Gasteiger partial charge in [-0.3, -0.25) is 0 Å². The molecule has 2 aromatic rings. The van der Waals surface area contributed by atoms with Gasteiger partial charge in [0.05, 0.1) is 10.2 Å². The first-order chi connectivity index (χ1) is 10.0. The van der Waals surface area contributed by atoms with Gasteiger partial charge in [0.25, 0.3) is 0 Å². The Morgan fingerprint density at radius 3 is 2.95 bits per heavy atom. The topological polar surface area (TPSA) is 34.2 Å². The summed E-state index contributed by atoms with van der Waals surface area (Å²) in [5, 5.41) is 7.20. The third-order valence-corrected chi connectivity index (χ3v) is 4.45. The highest BCUT2D eigenvalue weighted by atomic mass is 79.9. The van der Waals surface area contributed by atoms with E-state index in [0.717, 1.165) is 34.0 Å². The second-order valence-electron chi connectivity index (χ2n) is 5.12. The van der Waals surface area contributed by atoms with E-state index in [1.807, 2.05) is 23.6 Å². The standard InChI is InChI=1S/C15H18BrClN2OS/c1-10(2)6-18-7-15-19-12(9-21-15)8-20-14-4-3-11(17)5-13(14)16/h3-5,9-10,18H,6-8H2,1-2H3. The number of nitrogens with one attached hydrogen (secondary N) is 1. The minimum Gasteiger partial charge on any atom is -0.486 e. The number of rotatable bonds is 7. The maximum absolute atomic E-state index is 5.90. The molecule has 0 atom stereocenters. The summed E-state index contributed by atoms with van der Waals surface area (Å²) in [5.41, 5.74) is 0.947. The molecule has 1 heterocycles. The zero-order valence-corrected chi connectivity index (χ0v) is 15.2. The Hall–Kier alpha value is -0.620. The largest absolute Gasteiger partial charge is 0.486 e. The van der Waals surface area contributed by atoms with Gasteiger partial charge in [0.2, 0.25) is 0 Å². The number of hydrogen-bond acceptors (Lipinski definition) is 4. The summed E-state index contributed by atoms with van der Waals surface area (Å²) in [6, 6.07) is 5.48. The highest BCUT2D eigenvalue weighted by Crippen LogP contribution is 2.28. The van der Waals surface area contributed by atoms with Gasteiger partial charge in [-0.1, -0.05) is 25.4 Å². The maximum atomic E-state index is 5.90. The Morgan fingerprint density at radius 2 is 2.24 bits per heavy atom. The monoisotopic (exact) mass is 388 g/mol. The zero-order valence-electron chi connectivity index (χ0n) is 12.0. The van der Waals surface area contributed by atoms with Crippen molar-refractivity contribution in [2.24, 2.45) is 5.92 Å². The highest BCUT2D eigenvalue weighted by molar-refractivity contribution is 9.10. The van der Waals surface area contributed by atoms with Gasteiger partial charge in [0.15, 0.2) is 0 Å². The van der Waals surface area contributed by atoms with Gasteiger partial charge in [0, 0.05) is 16.9 Å². The summed E-state index contributed by atoms with van der Waals surface area (Å²) < 4.78 is 6.60. The van der Waals surface area contributed by atoms with Gasteiger partial charge in [-0.25, -0.2) is 4.98 Å². The van der Waals surface area contributed by atoms with E-state index in [2.05, 4.69) is 40.1 Å². The molecular weight excluding hydrogens is 372 g/mol. The summed E-state index contributed by atoms with van der Waals surface area (Å²) in [7, 11) is 0. The van der Waals surface area contributed by atoms with Crippen LogP contribution in [0, 0.1) is 5.92 Å². The van der Waals surface area contributed by atoms with Crippen molar-refractivity contribution in [3.05, 3.63) is 43.8 Å². The predicted molar refractivity (Wildman–Crippen MR) is 92.1 cm³/mol. The molecule has 0 saturated heterocycles. The van der Waals surface area contributed by atoms with Crippen LogP contribution in [0.5, 0.6) is 5.75 Å². The van der Waals surface area contributed by atoms with Gasteiger partial charge in [0.1, 0.15) is 17.4 Å². The average Bonchev–Trinajstić information content (AvgIpc) is 2.85. The van der Waals surface area contributed by atoms with E-state index in [9.17, 15) is 0 Å². The van der Waals surface area contributed by atoms with Gasteiger partial charge in [-0.05, 0) is 46.6 Å². The quantitative estimate of drug-likeness (QED) is 0.732.